The predicted molar refractivity (Wildman–Crippen MR) is 270 cm³/mol. The lowest BCUT2D eigenvalue weighted by atomic mass is 10.0. The molecule has 8 atom stereocenters. The molecule has 0 aliphatic carbocycles. The molecule has 0 spiro atoms. The second-order valence-electron chi connectivity index (χ2n) is 17.7. The van der Waals surface area contributed by atoms with Crippen molar-refractivity contribution in [2.45, 2.75) is 139 Å². The summed E-state index contributed by atoms with van der Waals surface area (Å²) in [7, 11) is 0. The number of unbranched alkanes of at least 4 members (excludes halogenated alkanes) is 2. The number of nitrogens with two attached hydrogens (primary N) is 7. The van der Waals surface area contributed by atoms with E-state index in [4.69, 9.17) is 40.1 Å². The van der Waals surface area contributed by atoms with Crippen LogP contribution in [0.15, 0.2) is 34.3 Å². The number of aliphatic carboxylic acids is 1. The highest BCUT2D eigenvalue weighted by atomic mass is 16.4. The molecule has 0 saturated heterocycles. The molecule has 0 aliphatic rings. The Balaban J connectivity index is 3.47. The van der Waals surface area contributed by atoms with Gasteiger partial charge in [0, 0.05) is 13.1 Å². The van der Waals surface area contributed by atoms with Gasteiger partial charge in [0.15, 0.2) is 11.9 Å². The number of hydrogen-bond donors (Lipinski definition) is 18. The summed E-state index contributed by atoms with van der Waals surface area (Å²) < 4.78 is 0. The smallest absolute Gasteiger partial charge is 0.328 e. The van der Waals surface area contributed by atoms with Crippen LogP contribution in [0.1, 0.15) is 90.0 Å². The summed E-state index contributed by atoms with van der Waals surface area (Å²) in [6, 6.07) is -5.09. The van der Waals surface area contributed by atoms with Gasteiger partial charge in [-0.3, -0.25) is 43.5 Å². The monoisotopic (exact) mass is 1040 g/mol. The van der Waals surface area contributed by atoms with E-state index in [9.17, 15) is 58.8 Å². The van der Waals surface area contributed by atoms with E-state index in [2.05, 4.69) is 47.2 Å². The third-order valence-electron chi connectivity index (χ3n) is 11.0. The number of hydrogen-bond acceptors (Lipinski definition) is 16. The molecular formula is C45H80N16O12. The van der Waals surface area contributed by atoms with Crippen LogP contribution in [0.5, 0.6) is 5.75 Å². The number of carboxylic acid groups (broad SMARTS) is 1. The molecule has 0 aromatic heterocycles. The van der Waals surface area contributed by atoms with Crippen LogP contribution in [0.2, 0.25) is 0 Å². The molecular weight excluding hydrogens is 957 g/mol. The Bertz CT molecular complexity index is 1970. The molecule has 0 heterocycles. The third-order valence-corrected chi connectivity index (χ3v) is 11.0. The molecule has 0 aliphatic heterocycles. The maximum Gasteiger partial charge on any atom is 0.328 e. The summed E-state index contributed by atoms with van der Waals surface area (Å²) in [5.41, 5.74) is 40.1. The quantitative estimate of drug-likeness (QED) is 0.0168. The molecule has 0 unspecified atom stereocenters. The van der Waals surface area contributed by atoms with E-state index in [1.54, 1.807) is 26.0 Å². The number of aromatic hydroxyl groups is 1. The van der Waals surface area contributed by atoms with Gasteiger partial charge in [0.1, 0.15) is 48.0 Å². The van der Waals surface area contributed by atoms with E-state index in [0.29, 0.717) is 31.2 Å². The van der Waals surface area contributed by atoms with Crippen LogP contribution in [-0.4, -0.2) is 167 Å². The van der Waals surface area contributed by atoms with Crippen molar-refractivity contribution in [1.82, 2.24) is 37.2 Å². The van der Waals surface area contributed by atoms with Crippen molar-refractivity contribution in [2.24, 2.45) is 56.0 Å². The Morgan fingerprint density at radius 1 is 0.507 bits per heavy atom. The van der Waals surface area contributed by atoms with Gasteiger partial charge >= 0.3 is 5.97 Å². The molecule has 0 bridgehead atoms. The Morgan fingerprint density at radius 3 is 1.22 bits per heavy atom. The largest absolute Gasteiger partial charge is 0.508 e. The van der Waals surface area contributed by atoms with Crippen LogP contribution >= 0.6 is 0 Å². The zero-order valence-corrected chi connectivity index (χ0v) is 41.7. The lowest BCUT2D eigenvalue weighted by molar-refractivity contribution is -0.143. The average molecular weight is 1040 g/mol. The third kappa shape index (κ3) is 26.4. The number of guanidine groups is 2. The number of benzene rings is 1. The fourth-order valence-corrected chi connectivity index (χ4v) is 7.04. The van der Waals surface area contributed by atoms with E-state index in [0.717, 1.165) is 0 Å². The minimum Gasteiger partial charge on any atom is -0.508 e. The van der Waals surface area contributed by atoms with Gasteiger partial charge in [-0.1, -0.05) is 26.0 Å². The van der Waals surface area contributed by atoms with Crippen molar-refractivity contribution >= 4 is 59.2 Å². The number of carboxylic acids is 1. The van der Waals surface area contributed by atoms with Gasteiger partial charge in [-0.25, -0.2) is 4.79 Å². The second-order valence-corrected chi connectivity index (χ2v) is 17.7. The number of aliphatic imine (C=N–C) groups is 2. The molecule has 1 aromatic carbocycles. The van der Waals surface area contributed by atoms with Gasteiger partial charge in [0.2, 0.25) is 41.4 Å². The molecule has 0 fully saturated rings. The Labute approximate surface area is 424 Å². The van der Waals surface area contributed by atoms with Gasteiger partial charge in [0.25, 0.3) is 0 Å². The van der Waals surface area contributed by atoms with Crippen molar-refractivity contribution in [3.63, 3.8) is 0 Å². The lowest BCUT2D eigenvalue weighted by Gasteiger charge is -2.28. The number of phenols is 1. The highest BCUT2D eigenvalue weighted by molar-refractivity contribution is 5.97. The fraction of sp³-hybridized carbons (Fsp3) is 0.644. The van der Waals surface area contributed by atoms with Crippen molar-refractivity contribution in [1.29, 1.82) is 0 Å². The summed E-state index contributed by atoms with van der Waals surface area (Å²) in [5, 5.41) is 56.2. The minimum atomic E-state index is -1.71. The fourth-order valence-electron chi connectivity index (χ4n) is 7.04. The summed E-state index contributed by atoms with van der Waals surface area (Å²) in [6.07, 6.45) is 1.81. The van der Waals surface area contributed by atoms with Crippen molar-refractivity contribution in [2.75, 3.05) is 39.4 Å². The number of amides is 7. The number of nitrogens with zero attached hydrogens (tertiary/aromatic N) is 2. The molecule has 73 heavy (non-hydrogen) atoms. The first-order valence-electron chi connectivity index (χ1n) is 24.2. The van der Waals surface area contributed by atoms with Crippen molar-refractivity contribution < 1.29 is 58.8 Å². The zero-order valence-electron chi connectivity index (χ0n) is 41.7. The van der Waals surface area contributed by atoms with E-state index >= 15 is 0 Å². The summed E-state index contributed by atoms with van der Waals surface area (Å²) in [5.74, 6) is -8.21. The normalized spacial score (nSPS) is 14.3. The highest BCUT2D eigenvalue weighted by Crippen LogP contribution is 2.13. The number of carbonyl (C=O) groups excluding carboxylic acids is 7. The summed E-state index contributed by atoms with van der Waals surface area (Å²) in [6.45, 7) is 2.23. The first-order chi connectivity index (χ1) is 34.6. The maximum absolute atomic E-state index is 14.2. The van der Waals surface area contributed by atoms with Crippen LogP contribution in [0.3, 0.4) is 0 Å². The topological polar surface area (TPSA) is 509 Å². The Hall–Kier alpha value is -6.88. The zero-order chi connectivity index (χ0) is 55.0. The molecule has 1 aromatic rings. The van der Waals surface area contributed by atoms with Gasteiger partial charge < -0.3 is 97.8 Å². The Morgan fingerprint density at radius 2 is 0.849 bits per heavy atom. The minimum absolute atomic E-state index is 0.00397. The second kappa shape index (κ2) is 35.3. The van der Waals surface area contributed by atoms with Crippen LogP contribution in [0.25, 0.3) is 0 Å². The number of nitrogens with one attached hydrogen (secondary N) is 7. The van der Waals surface area contributed by atoms with Gasteiger partial charge in [0.05, 0.1) is 19.3 Å². The average Bonchev–Trinajstić information content (AvgIpc) is 3.33. The van der Waals surface area contributed by atoms with Crippen LogP contribution in [0, 0.1) is 5.92 Å². The van der Waals surface area contributed by atoms with Crippen LogP contribution < -0.4 is 77.4 Å². The molecule has 7 amide bonds. The summed E-state index contributed by atoms with van der Waals surface area (Å²) >= 11 is 0. The van der Waals surface area contributed by atoms with E-state index < -0.39 is 109 Å². The predicted octanol–water partition coefficient (Wildman–Crippen LogP) is -5.86. The number of phenolic OH excluding ortho intramolecular Hbond substituents is 1. The van der Waals surface area contributed by atoms with Gasteiger partial charge in [-0.05, 0) is 114 Å². The number of carbonyl (C=O) groups is 8. The number of aliphatic hydroxyl groups excluding tert-OH is 2. The molecule has 25 N–H and O–H groups in total. The van der Waals surface area contributed by atoms with Crippen molar-refractivity contribution in [3.8, 4) is 5.75 Å². The highest BCUT2D eigenvalue weighted by Gasteiger charge is 2.34. The van der Waals surface area contributed by atoms with E-state index in [-0.39, 0.29) is 101 Å². The van der Waals surface area contributed by atoms with E-state index in [1.807, 2.05) is 0 Å². The van der Waals surface area contributed by atoms with Crippen LogP contribution in [-0.2, 0) is 44.8 Å². The SMILES string of the molecule is CC(C)C[C@H](NC(=O)[C@H](CCCN=C(N)N)NC(=O)[C@@H](N)Cc1ccc(O)cc1)C(=O)N[C@@H](CCCCN)C(=O)N[C@@H](CCCN=C(N)N)C(=O)N[C@@H](CO)C(=O)N[C@@H](CCCCN)C(=O)N[C@@H](CO)C(=O)O. The maximum atomic E-state index is 14.2. The standard InChI is InChI=1S/C45H80N16O12/c1-25(2)21-33(59-38(67)31(11-7-19-53-44(49)50)55-36(65)28(48)22-26-13-15-27(64)16-14-26)41(70)57-29(9-3-5-17-46)37(66)56-32(12-8-20-54-45(51)52)39(68)60-34(23-62)42(71)58-30(10-4-6-18-47)40(69)61-35(24-63)43(72)73/h13-16,25,28-35,62-64H,3-12,17-24,46-48H2,1-2H3,(H,55,65)(H,56,66)(H,57,70)(H,58,71)(H,59,67)(H,60,68)(H,61,69)(H,72,73)(H4,49,50,53)(H4,51,52,54)/t28-,29-,30-,31-,32-,33-,34-,35-/m0/s1. The number of rotatable bonds is 37. The molecule has 28 heteroatoms. The molecule has 0 radical (unpaired) electrons. The molecule has 0 saturated carbocycles. The molecule has 1 rings (SSSR count). The Kier molecular flexibility index (Phi) is 31.0. The first-order valence-corrected chi connectivity index (χ1v) is 24.2. The van der Waals surface area contributed by atoms with Crippen LogP contribution in [0.4, 0.5) is 0 Å². The van der Waals surface area contributed by atoms with Crippen molar-refractivity contribution in [3.05, 3.63) is 29.8 Å². The molecule has 412 valence electrons. The summed E-state index contributed by atoms with van der Waals surface area (Å²) in [4.78, 5) is 116. The first kappa shape index (κ1) is 64.1. The number of aliphatic hydroxyl groups is 2. The van der Waals surface area contributed by atoms with E-state index in [1.165, 1.54) is 12.1 Å². The molecule has 28 nitrogen and oxygen atoms in total. The lowest BCUT2D eigenvalue weighted by Crippen LogP contribution is -2.60. The van der Waals surface area contributed by atoms with Gasteiger partial charge in [-0.15, -0.1) is 0 Å². The van der Waals surface area contributed by atoms with Gasteiger partial charge in [-0.2, -0.15) is 0 Å².